The number of nitrogens with zero attached hydrogens (tertiary/aromatic N) is 4. The molecule has 4 rings (SSSR count). The number of aromatic nitrogens is 3. The van der Waals surface area contributed by atoms with E-state index in [0.29, 0.717) is 30.9 Å². The Labute approximate surface area is 187 Å². The number of ether oxygens (including phenoxy) is 2. The van der Waals surface area contributed by atoms with E-state index in [0.717, 1.165) is 23.3 Å². The first-order chi connectivity index (χ1) is 15.5. The number of aryl methyl sites for hydroxylation is 1. The molecular formula is C24H27N5O3. The van der Waals surface area contributed by atoms with E-state index >= 15 is 0 Å². The van der Waals surface area contributed by atoms with Crippen molar-refractivity contribution in [1.82, 2.24) is 15.0 Å². The Morgan fingerprint density at radius 2 is 1.88 bits per heavy atom. The Hall–Kier alpha value is -3.68. The van der Waals surface area contributed by atoms with Gasteiger partial charge in [0.05, 0.1) is 12.1 Å². The molecule has 1 N–H and O–H groups in total. The Balaban J connectivity index is 1.43. The van der Waals surface area contributed by atoms with Crippen LogP contribution in [-0.2, 0) is 11.3 Å². The first kappa shape index (κ1) is 21.5. The van der Waals surface area contributed by atoms with Crippen LogP contribution in [0.4, 0.5) is 16.7 Å². The summed E-state index contributed by atoms with van der Waals surface area (Å²) < 4.78 is 11.0. The van der Waals surface area contributed by atoms with Gasteiger partial charge in [0, 0.05) is 0 Å². The summed E-state index contributed by atoms with van der Waals surface area (Å²) in [6.45, 7) is 6.68. The van der Waals surface area contributed by atoms with E-state index in [1.54, 1.807) is 6.92 Å². The third kappa shape index (κ3) is 4.96. The molecule has 1 aliphatic heterocycles. The van der Waals surface area contributed by atoms with Crippen molar-refractivity contribution in [2.75, 3.05) is 16.8 Å². The zero-order valence-corrected chi connectivity index (χ0v) is 18.5. The summed E-state index contributed by atoms with van der Waals surface area (Å²) in [6, 6.07) is 17.9. The summed E-state index contributed by atoms with van der Waals surface area (Å²) in [6.07, 6.45) is 0.335. The maximum atomic E-state index is 12.2. The Bertz CT molecular complexity index is 1060. The second-order valence-corrected chi connectivity index (χ2v) is 7.72. The highest BCUT2D eigenvalue weighted by Gasteiger charge is 2.35. The van der Waals surface area contributed by atoms with Crippen molar-refractivity contribution in [2.45, 2.75) is 45.9 Å². The molecule has 1 saturated heterocycles. The van der Waals surface area contributed by atoms with Crippen molar-refractivity contribution in [1.29, 1.82) is 0 Å². The highest BCUT2D eigenvalue weighted by molar-refractivity contribution is 5.88. The van der Waals surface area contributed by atoms with Crippen LogP contribution in [-0.4, -0.2) is 33.7 Å². The monoisotopic (exact) mass is 433 g/mol. The molecule has 1 aromatic heterocycles. The summed E-state index contributed by atoms with van der Waals surface area (Å²) in [4.78, 5) is 26.9. The van der Waals surface area contributed by atoms with Crippen LogP contribution >= 0.6 is 0 Å². The van der Waals surface area contributed by atoms with Crippen molar-refractivity contribution in [3.8, 4) is 5.75 Å². The van der Waals surface area contributed by atoms with Crippen LogP contribution < -0.4 is 15.0 Å². The number of amides is 1. The van der Waals surface area contributed by atoms with E-state index < -0.39 is 6.09 Å². The number of carbonyl (C=O) groups excluding carboxylic acids is 1. The molecule has 0 unspecified atom stereocenters. The van der Waals surface area contributed by atoms with Crippen LogP contribution in [0.15, 0.2) is 54.6 Å². The van der Waals surface area contributed by atoms with Gasteiger partial charge in [0.25, 0.3) is 0 Å². The number of cyclic esters (lactones) is 1. The van der Waals surface area contributed by atoms with Crippen LogP contribution in [0, 0.1) is 6.92 Å². The van der Waals surface area contributed by atoms with E-state index in [9.17, 15) is 4.79 Å². The lowest BCUT2D eigenvalue weighted by Crippen LogP contribution is -2.34. The molecule has 32 heavy (non-hydrogen) atoms. The average molecular weight is 434 g/mol. The number of rotatable bonds is 8. The average Bonchev–Trinajstić information content (AvgIpc) is 3.19. The fourth-order valence-corrected chi connectivity index (χ4v) is 3.52. The minimum Gasteiger partial charge on any atom is -0.489 e. The normalized spacial score (nSPS) is 16.5. The van der Waals surface area contributed by atoms with E-state index in [-0.39, 0.29) is 12.1 Å². The van der Waals surface area contributed by atoms with Gasteiger partial charge in [0.15, 0.2) is 0 Å². The third-order valence-corrected chi connectivity index (χ3v) is 5.36. The first-order valence-electron chi connectivity index (χ1n) is 10.8. The smallest absolute Gasteiger partial charge is 0.417 e. The number of benzene rings is 2. The molecular weight excluding hydrogens is 406 g/mol. The minimum atomic E-state index is -0.424. The summed E-state index contributed by atoms with van der Waals surface area (Å²) >= 11 is 0. The van der Waals surface area contributed by atoms with Gasteiger partial charge in [-0.25, -0.2) is 9.69 Å². The first-order valence-corrected chi connectivity index (χ1v) is 10.8. The molecule has 0 aliphatic carbocycles. The van der Waals surface area contributed by atoms with Crippen molar-refractivity contribution in [3.63, 3.8) is 0 Å². The van der Waals surface area contributed by atoms with Crippen molar-refractivity contribution >= 4 is 18.0 Å². The van der Waals surface area contributed by atoms with Gasteiger partial charge in [-0.1, -0.05) is 49.4 Å². The third-order valence-electron chi connectivity index (χ3n) is 5.36. The lowest BCUT2D eigenvalue weighted by Gasteiger charge is -2.20. The minimum absolute atomic E-state index is 0.0553. The maximum Gasteiger partial charge on any atom is 0.417 e. The van der Waals surface area contributed by atoms with Gasteiger partial charge in [-0.05, 0) is 43.5 Å². The second-order valence-electron chi connectivity index (χ2n) is 7.72. The molecule has 0 radical (unpaired) electrons. The summed E-state index contributed by atoms with van der Waals surface area (Å²) in [5.74, 6) is 2.07. The number of hydrogen-bond acceptors (Lipinski definition) is 7. The standard InChI is InChI=1S/C24H27N5O3/c1-4-20-15-32-24(30)29(20)23-27-17(3)26-22(28-23)25-16(2)19-10-12-21(13-11-19)31-14-18-8-6-5-7-9-18/h5-13,16,20H,4,14-15H2,1-3H3,(H,25,26,27,28)/t16-,20+/m1/s1. The SMILES string of the molecule is CC[C@H]1COC(=O)N1c1nc(C)nc(N[C@H](C)c2ccc(OCc3ccccc3)cc2)n1. The summed E-state index contributed by atoms with van der Waals surface area (Å²) in [5.41, 5.74) is 2.18. The number of carbonyl (C=O) groups is 1. The van der Waals surface area contributed by atoms with Gasteiger partial charge < -0.3 is 14.8 Å². The van der Waals surface area contributed by atoms with Gasteiger partial charge in [0.2, 0.25) is 11.9 Å². The van der Waals surface area contributed by atoms with E-state index in [1.807, 2.05) is 68.4 Å². The highest BCUT2D eigenvalue weighted by atomic mass is 16.6. The molecule has 0 saturated carbocycles. The van der Waals surface area contributed by atoms with Crippen LogP contribution in [0.5, 0.6) is 5.75 Å². The van der Waals surface area contributed by atoms with Gasteiger partial charge in [0.1, 0.15) is 24.8 Å². The molecule has 8 heteroatoms. The molecule has 8 nitrogen and oxygen atoms in total. The Morgan fingerprint density at radius 1 is 1.12 bits per heavy atom. The summed E-state index contributed by atoms with van der Waals surface area (Å²) in [7, 11) is 0. The molecule has 1 fully saturated rings. The molecule has 0 spiro atoms. The van der Waals surface area contributed by atoms with E-state index in [1.165, 1.54) is 4.90 Å². The summed E-state index contributed by atoms with van der Waals surface area (Å²) in [5, 5.41) is 3.31. The van der Waals surface area contributed by atoms with Gasteiger partial charge in [-0.3, -0.25) is 0 Å². The molecule has 1 aliphatic rings. The molecule has 3 aromatic rings. The number of anilines is 2. The lowest BCUT2D eigenvalue weighted by molar-refractivity contribution is 0.178. The van der Waals surface area contributed by atoms with Crippen LogP contribution in [0.25, 0.3) is 0 Å². The molecule has 0 bridgehead atoms. The predicted molar refractivity (Wildman–Crippen MR) is 122 cm³/mol. The van der Waals surface area contributed by atoms with Crippen molar-refractivity contribution in [2.24, 2.45) is 0 Å². The quantitative estimate of drug-likeness (QED) is 0.552. The predicted octanol–water partition coefficient (Wildman–Crippen LogP) is 4.67. The fraction of sp³-hybridized carbons (Fsp3) is 0.333. The van der Waals surface area contributed by atoms with Gasteiger partial charge in [-0.2, -0.15) is 15.0 Å². The van der Waals surface area contributed by atoms with E-state index in [2.05, 4.69) is 20.3 Å². The van der Waals surface area contributed by atoms with Crippen molar-refractivity contribution < 1.29 is 14.3 Å². The molecule has 2 aromatic carbocycles. The zero-order chi connectivity index (χ0) is 22.5. The van der Waals surface area contributed by atoms with Crippen LogP contribution in [0.3, 0.4) is 0 Å². The molecule has 166 valence electrons. The maximum absolute atomic E-state index is 12.2. The molecule has 2 heterocycles. The van der Waals surface area contributed by atoms with Crippen molar-refractivity contribution in [3.05, 3.63) is 71.5 Å². The second kappa shape index (κ2) is 9.64. The van der Waals surface area contributed by atoms with Gasteiger partial charge >= 0.3 is 6.09 Å². The molecule has 1 amide bonds. The zero-order valence-electron chi connectivity index (χ0n) is 18.5. The largest absolute Gasteiger partial charge is 0.489 e. The molecule has 2 atom stereocenters. The Kier molecular flexibility index (Phi) is 6.49. The van der Waals surface area contributed by atoms with E-state index in [4.69, 9.17) is 9.47 Å². The highest BCUT2D eigenvalue weighted by Crippen LogP contribution is 2.24. The number of nitrogens with one attached hydrogen (secondary N) is 1. The van der Waals surface area contributed by atoms with Gasteiger partial charge in [-0.15, -0.1) is 0 Å². The van der Waals surface area contributed by atoms with Crippen LogP contribution in [0.2, 0.25) is 0 Å². The topological polar surface area (TPSA) is 89.5 Å². The number of hydrogen-bond donors (Lipinski definition) is 1. The van der Waals surface area contributed by atoms with Crippen LogP contribution in [0.1, 0.15) is 43.3 Å². The Morgan fingerprint density at radius 3 is 2.59 bits per heavy atom. The lowest BCUT2D eigenvalue weighted by atomic mass is 10.1. The fourth-order valence-electron chi connectivity index (χ4n) is 3.52.